The molecule has 1 unspecified atom stereocenters. The monoisotopic (exact) mass is 215 g/mol. The first-order chi connectivity index (χ1) is 7.84. The molecular weight excluding hydrogens is 198 g/mol. The minimum absolute atomic E-state index is 0.164. The van der Waals surface area contributed by atoms with Crippen molar-refractivity contribution in [3.05, 3.63) is 42.0 Å². The van der Waals surface area contributed by atoms with Gasteiger partial charge in [0.2, 0.25) is 0 Å². The molecule has 2 aliphatic rings. The Bertz CT molecular complexity index is 398. The van der Waals surface area contributed by atoms with Gasteiger partial charge in [0.1, 0.15) is 0 Å². The highest BCUT2D eigenvalue weighted by atomic mass is 16.3. The highest BCUT2D eigenvalue weighted by molar-refractivity contribution is 5.69. The van der Waals surface area contributed by atoms with Crippen molar-refractivity contribution in [2.75, 3.05) is 19.6 Å². The number of nitrogens with zero attached hydrogens (tertiary/aromatic N) is 1. The van der Waals surface area contributed by atoms with Crippen LogP contribution in [0.4, 0.5) is 0 Å². The first kappa shape index (κ1) is 10.1. The Morgan fingerprint density at radius 1 is 1.19 bits per heavy atom. The van der Waals surface area contributed by atoms with Gasteiger partial charge in [-0.3, -0.25) is 4.90 Å². The molecule has 1 saturated heterocycles. The number of fused-ring (bicyclic) bond motifs is 2. The summed E-state index contributed by atoms with van der Waals surface area (Å²) < 4.78 is 0. The summed E-state index contributed by atoms with van der Waals surface area (Å²) in [4.78, 5) is 2.42. The molecular formula is C14H17NO. The molecule has 0 spiro atoms. The molecule has 0 aliphatic carbocycles. The Kier molecular flexibility index (Phi) is 2.54. The van der Waals surface area contributed by atoms with Crippen LogP contribution in [0.25, 0.3) is 5.57 Å². The lowest BCUT2D eigenvalue weighted by Crippen LogP contribution is -2.46. The van der Waals surface area contributed by atoms with Gasteiger partial charge in [0.25, 0.3) is 0 Å². The molecule has 1 aromatic rings. The molecule has 3 rings (SSSR count). The largest absolute Gasteiger partial charge is 0.392 e. The van der Waals surface area contributed by atoms with Crippen LogP contribution in [-0.2, 0) is 0 Å². The van der Waals surface area contributed by atoms with Gasteiger partial charge >= 0.3 is 0 Å². The van der Waals surface area contributed by atoms with Crippen LogP contribution in [0.5, 0.6) is 0 Å². The van der Waals surface area contributed by atoms with E-state index < -0.39 is 0 Å². The Labute approximate surface area is 96.2 Å². The molecule has 2 aliphatic heterocycles. The summed E-state index contributed by atoms with van der Waals surface area (Å²) in [5.41, 5.74) is 2.61. The van der Waals surface area contributed by atoms with E-state index in [9.17, 15) is 5.11 Å². The lowest BCUT2D eigenvalue weighted by atomic mass is 9.81. The quantitative estimate of drug-likeness (QED) is 0.771. The van der Waals surface area contributed by atoms with Crippen molar-refractivity contribution in [3.63, 3.8) is 0 Å². The SMILES string of the molecule is O[C@@H]1CCN2CC=C(c3ccccc3)[C@H]1C2. The van der Waals surface area contributed by atoms with E-state index in [4.69, 9.17) is 0 Å². The summed E-state index contributed by atoms with van der Waals surface area (Å²) in [5.74, 6) is 0.310. The molecule has 0 amide bonds. The smallest absolute Gasteiger partial charge is 0.0633 e. The summed E-state index contributed by atoms with van der Waals surface area (Å²) in [6.45, 7) is 3.09. The summed E-state index contributed by atoms with van der Waals surface area (Å²) >= 11 is 0. The summed E-state index contributed by atoms with van der Waals surface area (Å²) in [6, 6.07) is 10.5. The van der Waals surface area contributed by atoms with Crippen molar-refractivity contribution in [2.45, 2.75) is 12.5 Å². The van der Waals surface area contributed by atoms with Crippen LogP contribution in [0, 0.1) is 5.92 Å². The maximum absolute atomic E-state index is 10.1. The molecule has 3 atom stereocenters. The van der Waals surface area contributed by atoms with Gasteiger partial charge in [-0.25, -0.2) is 0 Å². The molecule has 0 radical (unpaired) electrons. The second-order valence-electron chi connectivity index (χ2n) is 4.75. The summed E-state index contributed by atoms with van der Waals surface area (Å²) in [7, 11) is 0. The van der Waals surface area contributed by atoms with E-state index in [-0.39, 0.29) is 6.10 Å². The highest BCUT2D eigenvalue weighted by Crippen LogP contribution is 2.34. The predicted molar refractivity (Wildman–Crippen MR) is 65.0 cm³/mol. The summed E-state index contributed by atoms with van der Waals surface area (Å²) in [5, 5.41) is 10.1. The van der Waals surface area contributed by atoms with E-state index in [1.165, 1.54) is 11.1 Å². The third kappa shape index (κ3) is 1.68. The topological polar surface area (TPSA) is 23.5 Å². The average molecular weight is 215 g/mol. The van der Waals surface area contributed by atoms with Crippen LogP contribution in [0.2, 0.25) is 0 Å². The van der Waals surface area contributed by atoms with Gasteiger partial charge in [0.05, 0.1) is 6.10 Å². The molecule has 2 heteroatoms. The van der Waals surface area contributed by atoms with Gasteiger partial charge in [-0.05, 0) is 17.6 Å². The molecule has 0 saturated carbocycles. The third-order valence-electron chi connectivity index (χ3n) is 3.74. The van der Waals surface area contributed by atoms with Crippen LogP contribution in [-0.4, -0.2) is 35.7 Å². The zero-order valence-electron chi connectivity index (χ0n) is 9.34. The fraction of sp³-hybridized carbons (Fsp3) is 0.429. The molecule has 2 heterocycles. The minimum Gasteiger partial charge on any atom is -0.392 e. The zero-order chi connectivity index (χ0) is 11.0. The Morgan fingerprint density at radius 3 is 2.81 bits per heavy atom. The van der Waals surface area contributed by atoms with Crippen LogP contribution in [0.1, 0.15) is 12.0 Å². The second-order valence-corrected chi connectivity index (χ2v) is 4.75. The van der Waals surface area contributed by atoms with Gasteiger partial charge in [-0.1, -0.05) is 36.4 Å². The van der Waals surface area contributed by atoms with Crippen molar-refractivity contribution in [2.24, 2.45) is 5.92 Å². The van der Waals surface area contributed by atoms with E-state index in [0.717, 1.165) is 26.1 Å². The average Bonchev–Trinajstić information content (AvgIpc) is 2.36. The van der Waals surface area contributed by atoms with Gasteiger partial charge in [-0.2, -0.15) is 0 Å². The molecule has 2 bridgehead atoms. The Morgan fingerprint density at radius 2 is 2.00 bits per heavy atom. The second kappa shape index (κ2) is 4.04. The van der Waals surface area contributed by atoms with Crippen LogP contribution in [0.15, 0.2) is 36.4 Å². The maximum atomic E-state index is 10.1. The Balaban J connectivity index is 1.95. The number of aliphatic hydroxyl groups excluding tert-OH is 1. The van der Waals surface area contributed by atoms with Crippen molar-refractivity contribution in [3.8, 4) is 0 Å². The van der Waals surface area contributed by atoms with E-state index in [0.29, 0.717) is 5.92 Å². The maximum Gasteiger partial charge on any atom is 0.0633 e. The van der Waals surface area contributed by atoms with Gasteiger partial charge in [-0.15, -0.1) is 0 Å². The van der Waals surface area contributed by atoms with Crippen LogP contribution < -0.4 is 0 Å². The van der Waals surface area contributed by atoms with Crippen molar-refractivity contribution < 1.29 is 5.11 Å². The zero-order valence-corrected chi connectivity index (χ0v) is 9.34. The number of rotatable bonds is 1. The number of hydrogen-bond donors (Lipinski definition) is 1. The lowest BCUT2D eigenvalue weighted by molar-refractivity contribution is 0.0509. The van der Waals surface area contributed by atoms with Crippen LogP contribution >= 0.6 is 0 Å². The molecule has 1 aromatic carbocycles. The van der Waals surface area contributed by atoms with E-state index >= 15 is 0 Å². The summed E-state index contributed by atoms with van der Waals surface area (Å²) in [6.07, 6.45) is 3.03. The van der Waals surface area contributed by atoms with Gasteiger partial charge in [0.15, 0.2) is 0 Å². The minimum atomic E-state index is -0.164. The van der Waals surface area contributed by atoms with E-state index in [1.807, 2.05) is 6.07 Å². The fourth-order valence-corrected chi connectivity index (χ4v) is 2.82. The fourth-order valence-electron chi connectivity index (χ4n) is 2.82. The first-order valence-electron chi connectivity index (χ1n) is 6.00. The highest BCUT2D eigenvalue weighted by Gasteiger charge is 2.33. The molecule has 1 N–H and O–H groups in total. The van der Waals surface area contributed by atoms with Gasteiger partial charge < -0.3 is 5.11 Å². The molecule has 2 nitrogen and oxygen atoms in total. The number of piperidine rings is 1. The lowest BCUT2D eigenvalue weighted by Gasteiger charge is -2.40. The molecule has 84 valence electrons. The number of benzene rings is 1. The molecule has 0 aromatic heterocycles. The number of hydrogen-bond acceptors (Lipinski definition) is 2. The molecule has 16 heavy (non-hydrogen) atoms. The normalized spacial score (nSPS) is 33.3. The van der Waals surface area contributed by atoms with E-state index in [1.54, 1.807) is 0 Å². The van der Waals surface area contributed by atoms with Gasteiger partial charge in [0, 0.05) is 25.6 Å². The Hall–Kier alpha value is -1.12. The van der Waals surface area contributed by atoms with Crippen molar-refractivity contribution >= 4 is 5.57 Å². The van der Waals surface area contributed by atoms with E-state index in [2.05, 4.69) is 35.2 Å². The van der Waals surface area contributed by atoms with Crippen molar-refractivity contribution in [1.29, 1.82) is 0 Å². The number of aliphatic hydroxyl groups is 1. The third-order valence-corrected chi connectivity index (χ3v) is 3.74. The standard InChI is InChI=1S/C14H17NO/c16-14-7-9-15-8-6-12(13(14)10-15)11-4-2-1-3-5-11/h1-6,13-14,16H,7-10H2/t13-,14-/m1/s1. The van der Waals surface area contributed by atoms with Crippen molar-refractivity contribution in [1.82, 2.24) is 4.90 Å². The first-order valence-corrected chi connectivity index (χ1v) is 6.00. The molecule has 1 fully saturated rings. The predicted octanol–water partition coefficient (Wildman–Crippen LogP) is 1.77. The van der Waals surface area contributed by atoms with Crippen LogP contribution in [0.3, 0.4) is 0 Å².